The van der Waals surface area contributed by atoms with E-state index in [4.69, 9.17) is 4.74 Å². The lowest BCUT2D eigenvalue weighted by molar-refractivity contribution is -0.387. The van der Waals surface area contributed by atoms with E-state index in [0.717, 1.165) is 24.6 Å². The van der Waals surface area contributed by atoms with Crippen molar-refractivity contribution < 1.29 is 19.2 Å². The third-order valence-corrected chi connectivity index (χ3v) is 4.96. The molecule has 1 atom stereocenters. The second kappa shape index (κ2) is 8.68. The van der Waals surface area contributed by atoms with Crippen LogP contribution in [0.25, 0.3) is 0 Å². The number of para-hydroxylation sites is 1. The molecule has 0 bridgehead atoms. The standard InChI is InChI=1S/C19H18N2O5S/c22-17(12-27-16-9-5-4-8-15(16)21(24)25)26-18(13-6-2-1-3-7-13)19(23)20-14-10-11-14/h1-9,14,18H,10-12H2,(H,20,23)/t18-/m1/s1. The lowest BCUT2D eigenvalue weighted by atomic mass is 10.1. The van der Waals surface area contributed by atoms with Crippen molar-refractivity contribution in [1.29, 1.82) is 0 Å². The van der Waals surface area contributed by atoms with Crippen molar-refractivity contribution >= 4 is 29.3 Å². The molecule has 7 nitrogen and oxygen atoms in total. The smallest absolute Gasteiger partial charge is 0.317 e. The van der Waals surface area contributed by atoms with Gasteiger partial charge >= 0.3 is 5.97 Å². The number of esters is 1. The van der Waals surface area contributed by atoms with Crippen LogP contribution in [0.1, 0.15) is 24.5 Å². The molecule has 1 amide bonds. The van der Waals surface area contributed by atoms with Crippen molar-refractivity contribution in [3.63, 3.8) is 0 Å². The summed E-state index contributed by atoms with van der Waals surface area (Å²) in [5.74, 6) is -1.10. The fourth-order valence-corrected chi connectivity index (χ4v) is 3.24. The van der Waals surface area contributed by atoms with Gasteiger partial charge in [-0.1, -0.05) is 42.5 Å². The zero-order valence-corrected chi connectivity index (χ0v) is 15.2. The van der Waals surface area contributed by atoms with Gasteiger partial charge in [-0.3, -0.25) is 19.7 Å². The van der Waals surface area contributed by atoms with Gasteiger partial charge in [-0.15, -0.1) is 11.8 Å². The number of rotatable bonds is 8. The van der Waals surface area contributed by atoms with E-state index in [1.54, 1.807) is 42.5 Å². The third kappa shape index (κ3) is 5.30. The number of nitro benzene ring substituents is 1. The van der Waals surface area contributed by atoms with E-state index < -0.39 is 17.0 Å². The molecule has 0 heterocycles. The largest absolute Gasteiger partial charge is 0.447 e. The summed E-state index contributed by atoms with van der Waals surface area (Å²) in [5, 5.41) is 13.9. The molecule has 0 unspecified atom stereocenters. The molecule has 2 aromatic carbocycles. The molecule has 8 heteroatoms. The summed E-state index contributed by atoms with van der Waals surface area (Å²) in [6, 6.07) is 15.1. The maximum atomic E-state index is 12.5. The number of nitrogens with zero attached hydrogens (tertiary/aromatic N) is 1. The van der Waals surface area contributed by atoms with Crippen molar-refractivity contribution in [2.45, 2.75) is 29.9 Å². The molecule has 1 N–H and O–H groups in total. The zero-order valence-electron chi connectivity index (χ0n) is 14.4. The van der Waals surface area contributed by atoms with Crippen LogP contribution in [-0.4, -0.2) is 28.6 Å². The monoisotopic (exact) mass is 386 g/mol. The van der Waals surface area contributed by atoms with Gasteiger partial charge in [0.2, 0.25) is 6.10 Å². The first-order valence-corrected chi connectivity index (χ1v) is 9.44. The van der Waals surface area contributed by atoms with Gasteiger partial charge in [-0.05, 0) is 18.9 Å². The van der Waals surface area contributed by atoms with Gasteiger partial charge in [0, 0.05) is 17.7 Å². The second-order valence-electron chi connectivity index (χ2n) is 6.08. The number of carbonyl (C=O) groups excluding carboxylic acids is 2. The fourth-order valence-electron chi connectivity index (χ4n) is 2.44. The van der Waals surface area contributed by atoms with Crippen LogP contribution in [0, 0.1) is 10.1 Å². The summed E-state index contributed by atoms with van der Waals surface area (Å²) in [6.07, 6.45) is 0.814. The Balaban J connectivity index is 1.66. The SMILES string of the molecule is O=C(CSc1ccccc1[N+](=O)[O-])O[C@@H](C(=O)NC1CC1)c1ccccc1. The van der Waals surface area contributed by atoms with Crippen LogP contribution in [-0.2, 0) is 14.3 Å². The summed E-state index contributed by atoms with van der Waals surface area (Å²) in [4.78, 5) is 35.7. The first-order valence-electron chi connectivity index (χ1n) is 8.45. The highest BCUT2D eigenvalue weighted by molar-refractivity contribution is 8.00. The van der Waals surface area contributed by atoms with Crippen LogP contribution in [0.2, 0.25) is 0 Å². The maximum Gasteiger partial charge on any atom is 0.317 e. The minimum Gasteiger partial charge on any atom is -0.447 e. The number of nitro groups is 1. The normalized spacial score (nSPS) is 14.2. The van der Waals surface area contributed by atoms with E-state index in [1.165, 1.54) is 6.07 Å². The van der Waals surface area contributed by atoms with Crippen LogP contribution >= 0.6 is 11.8 Å². The van der Waals surface area contributed by atoms with Crippen molar-refractivity contribution in [3.8, 4) is 0 Å². The number of hydrogen-bond donors (Lipinski definition) is 1. The minimum atomic E-state index is -1.04. The van der Waals surface area contributed by atoms with Crippen LogP contribution in [0.4, 0.5) is 5.69 Å². The molecule has 2 aromatic rings. The Morgan fingerprint density at radius 3 is 2.48 bits per heavy atom. The fraction of sp³-hybridized carbons (Fsp3) is 0.263. The first-order chi connectivity index (χ1) is 13.0. The molecule has 1 fully saturated rings. The molecular weight excluding hydrogens is 368 g/mol. The molecule has 27 heavy (non-hydrogen) atoms. The van der Waals surface area contributed by atoms with Crippen molar-refractivity contribution in [2.24, 2.45) is 0 Å². The molecule has 0 aromatic heterocycles. The van der Waals surface area contributed by atoms with Crippen LogP contribution < -0.4 is 5.32 Å². The van der Waals surface area contributed by atoms with Crippen LogP contribution in [0.3, 0.4) is 0 Å². The van der Waals surface area contributed by atoms with Gasteiger partial charge in [0.05, 0.1) is 15.6 Å². The molecule has 1 saturated carbocycles. The molecule has 1 aliphatic rings. The van der Waals surface area contributed by atoms with Crippen molar-refractivity contribution in [1.82, 2.24) is 5.32 Å². The predicted molar refractivity (Wildman–Crippen MR) is 100 cm³/mol. The van der Waals surface area contributed by atoms with Gasteiger partial charge < -0.3 is 10.1 Å². The van der Waals surface area contributed by atoms with E-state index >= 15 is 0 Å². The second-order valence-corrected chi connectivity index (χ2v) is 7.09. The number of hydrogen-bond acceptors (Lipinski definition) is 6. The van der Waals surface area contributed by atoms with Gasteiger partial charge in [-0.2, -0.15) is 0 Å². The maximum absolute atomic E-state index is 12.5. The lowest BCUT2D eigenvalue weighted by Gasteiger charge is -2.18. The van der Waals surface area contributed by atoms with Crippen LogP contribution in [0.5, 0.6) is 0 Å². The third-order valence-electron chi connectivity index (χ3n) is 3.92. The van der Waals surface area contributed by atoms with Gasteiger partial charge in [0.15, 0.2) is 0 Å². The number of carbonyl (C=O) groups is 2. The Morgan fingerprint density at radius 2 is 1.81 bits per heavy atom. The average molecular weight is 386 g/mol. The topological polar surface area (TPSA) is 98.5 Å². The van der Waals surface area contributed by atoms with E-state index in [-0.39, 0.29) is 23.4 Å². The molecule has 0 radical (unpaired) electrons. The highest BCUT2D eigenvalue weighted by atomic mass is 32.2. The molecule has 0 aliphatic heterocycles. The van der Waals surface area contributed by atoms with E-state index in [9.17, 15) is 19.7 Å². The molecule has 0 spiro atoms. The summed E-state index contributed by atoms with van der Waals surface area (Å²) in [5.41, 5.74) is 0.515. The van der Waals surface area contributed by atoms with Crippen molar-refractivity contribution in [2.75, 3.05) is 5.75 Å². The number of thioether (sulfide) groups is 1. The zero-order chi connectivity index (χ0) is 19.2. The minimum absolute atomic E-state index is 0.0682. The summed E-state index contributed by atoms with van der Waals surface area (Å²) in [6.45, 7) is 0. The summed E-state index contributed by atoms with van der Waals surface area (Å²) in [7, 11) is 0. The van der Waals surface area contributed by atoms with E-state index in [2.05, 4.69) is 5.32 Å². The average Bonchev–Trinajstić information content (AvgIpc) is 3.49. The Hall–Kier alpha value is -2.87. The molecular formula is C19H18N2O5S. The number of benzene rings is 2. The van der Waals surface area contributed by atoms with Gasteiger partial charge in [0.1, 0.15) is 0 Å². The van der Waals surface area contributed by atoms with Crippen molar-refractivity contribution in [3.05, 3.63) is 70.3 Å². The van der Waals surface area contributed by atoms with Gasteiger partial charge in [-0.25, -0.2) is 0 Å². The van der Waals surface area contributed by atoms with Gasteiger partial charge in [0.25, 0.3) is 11.6 Å². The Bertz CT molecular complexity index is 839. The number of ether oxygens (including phenoxy) is 1. The molecule has 140 valence electrons. The Labute approximate surface area is 160 Å². The predicted octanol–water partition coefficient (Wildman–Crippen LogP) is 3.25. The summed E-state index contributed by atoms with van der Waals surface area (Å²) >= 11 is 1.01. The molecule has 3 rings (SSSR count). The van der Waals surface area contributed by atoms with E-state index in [1.807, 2.05) is 6.07 Å². The molecule has 0 saturated heterocycles. The highest BCUT2D eigenvalue weighted by Crippen LogP contribution is 2.29. The number of nitrogens with one attached hydrogen (secondary N) is 1. The van der Waals surface area contributed by atoms with Crippen LogP contribution in [0.15, 0.2) is 59.5 Å². The quantitative estimate of drug-likeness (QED) is 0.324. The number of amides is 1. The highest BCUT2D eigenvalue weighted by Gasteiger charge is 2.30. The summed E-state index contributed by atoms with van der Waals surface area (Å²) < 4.78 is 5.41. The van der Waals surface area contributed by atoms with E-state index in [0.29, 0.717) is 10.5 Å². The lowest BCUT2D eigenvalue weighted by Crippen LogP contribution is -2.33. The molecule has 1 aliphatic carbocycles. The first kappa shape index (κ1) is 18.9. The Morgan fingerprint density at radius 1 is 1.15 bits per heavy atom. The Kier molecular flexibility index (Phi) is 6.08.